The largest absolute Gasteiger partial charge is 0.249 e. The van der Waals surface area contributed by atoms with Crippen LogP contribution in [0.1, 0.15) is 25.6 Å². The first-order chi connectivity index (χ1) is 7.24. The van der Waals surface area contributed by atoms with Gasteiger partial charge in [0.15, 0.2) is 0 Å². The zero-order valence-electron chi connectivity index (χ0n) is 9.79. The van der Waals surface area contributed by atoms with E-state index in [2.05, 4.69) is 16.6 Å². The Bertz CT molecular complexity index is 524. The van der Waals surface area contributed by atoms with Crippen molar-refractivity contribution < 1.29 is 8.42 Å². The Morgan fingerprint density at radius 3 is 2.44 bits per heavy atom. The SMILES string of the molecule is CNS(=O)(=O)c1ccc(C#CC(C)(C)C)s1. The molecule has 0 aliphatic carbocycles. The molecular weight excluding hydrogens is 242 g/mol. The van der Waals surface area contributed by atoms with Gasteiger partial charge in [-0.3, -0.25) is 0 Å². The van der Waals surface area contributed by atoms with Gasteiger partial charge in [0.05, 0.1) is 4.88 Å². The fraction of sp³-hybridized carbons (Fsp3) is 0.455. The van der Waals surface area contributed by atoms with Crippen molar-refractivity contribution in [2.45, 2.75) is 25.0 Å². The molecule has 1 heterocycles. The van der Waals surface area contributed by atoms with E-state index in [0.717, 1.165) is 4.88 Å². The van der Waals surface area contributed by atoms with Gasteiger partial charge in [0.2, 0.25) is 10.0 Å². The first-order valence-electron chi connectivity index (χ1n) is 4.81. The Labute approximate surface area is 101 Å². The molecule has 1 rings (SSSR count). The van der Waals surface area contributed by atoms with Crippen molar-refractivity contribution in [2.75, 3.05) is 7.05 Å². The monoisotopic (exact) mass is 257 g/mol. The van der Waals surface area contributed by atoms with Crippen LogP contribution in [0.3, 0.4) is 0 Å². The average molecular weight is 257 g/mol. The summed E-state index contributed by atoms with van der Waals surface area (Å²) in [5.74, 6) is 6.04. The van der Waals surface area contributed by atoms with Crippen LogP contribution in [-0.4, -0.2) is 15.5 Å². The predicted octanol–water partition coefficient (Wildman–Crippen LogP) is 2.05. The topological polar surface area (TPSA) is 46.2 Å². The van der Waals surface area contributed by atoms with Gasteiger partial charge in [0.25, 0.3) is 0 Å². The van der Waals surface area contributed by atoms with E-state index in [9.17, 15) is 8.42 Å². The smallest absolute Gasteiger partial charge is 0.214 e. The number of hydrogen-bond donors (Lipinski definition) is 1. The van der Waals surface area contributed by atoms with Crippen LogP contribution in [0.2, 0.25) is 0 Å². The lowest BCUT2D eigenvalue weighted by Gasteiger charge is -2.06. The summed E-state index contributed by atoms with van der Waals surface area (Å²) in [7, 11) is -1.93. The van der Waals surface area contributed by atoms with Gasteiger partial charge in [-0.2, -0.15) is 0 Å². The van der Waals surface area contributed by atoms with Crippen molar-refractivity contribution in [1.29, 1.82) is 0 Å². The van der Waals surface area contributed by atoms with Gasteiger partial charge in [0, 0.05) is 5.41 Å². The summed E-state index contributed by atoms with van der Waals surface area (Å²) in [5, 5.41) is 0. The van der Waals surface area contributed by atoms with Gasteiger partial charge < -0.3 is 0 Å². The quantitative estimate of drug-likeness (QED) is 0.824. The fourth-order valence-corrected chi connectivity index (χ4v) is 2.88. The van der Waals surface area contributed by atoms with Gasteiger partial charge in [-0.1, -0.05) is 11.8 Å². The van der Waals surface area contributed by atoms with Crippen LogP contribution in [-0.2, 0) is 10.0 Å². The molecule has 3 nitrogen and oxygen atoms in total. The van der Waals surface area contributed by atoms with Crippen LogP contribution in [0.25, 0.3) is 0 Å². The molecule has 0 aliphatic heterocycles. The second kappa shape index (κ2) is 4.58. The minimum Gasteiger partial charge on any atom is -0.214 e. The highest BCUT2D eigenvalue weighted by Gasteiger charge is 2.13. The molecule has 0 spiro atoms. The molecule has 0 saturated heterocycles. The molecule has 1 aromatic heterocycles. The van der Waals surface area contributed by atoms with Gasteiger partial charge in [-0.05, 0) is 40.0 Å². The van der Waals surface area contributed by atoms with Gasteiger partial charge in [-0.15, -0.1) is 11.3 Å². The van der Waals surface area contributed by atoms with E-state index in [1.54, 1.807) is 12.1 Å². The maximum Gasteiger partial charge on any atom is 0.249 e. The van der Waals surface area contributed by atoms with Crippen molar-refractivity contribution in [3.8, 4) is 11.8 Å². The summed E-state index contributed by atoms with van der Waals surface area (Å²) in [4.78, 5) is 0.767. The fourth-order valence-electron chi connectivity index (χ4n) is 0.881. The maximum absolute atomic E-state index is 11.5. The summed E-state index contributed by atoms with van der Waals surface area (Å²) in [5.41, 5.74) is -0.0773. The number of hydrogen-bond acceptors (Lipinski definition) is 3. The van der Waals surface area contributed by atoms with Crippen LogP contribution >= 0.6 is 11.3 Å². The molecule has 1 N–H and O–H groups in total. The molecule has 0 amide bonds. The molecule has 0 radical (unpaired) electrons. The molecule has 88 valence electrons. The third kappa shape index (κ3) is 3.63. The minimum absolute atomic E-state index is 0.0773. The first-order valence-corrected chi connectivity index (χ1v) is 7.11. The number of rotatable bonds is 2. The van der Waals surface area contributed by atoms with Crippen molar-refractivity contribution in [3.05, 3.63) is 17.0 Å². The molecule has 5 heteroatoms. The molecule has 0 unspecified atom stereocenters. The third-order valence-electron chi connectivity index (χ3n) is 1.68. The minimum atomic E-state index is -3.33. The second-order valence-electron chi connectivity index (χ2n) is 4.33. The van der Waals surface area contributed by atoms with Gasteiger partial charge in [0.1, 0.15) is 4.21 Å². The maximum atomic E-state index is 11.5. The summed E-state index contributed by atoms with van der Waals surface area (Å²) in [6, 6.07) is 3.30. The molecule has 0 saturated carbocycles. The van der Waals surface area contributed by atoms with Gasteiger partial charge in [-0.25, -0.2) is 13.1 Å². The van der Waals surface area contributed by atoms with Crippen LogP contribution in [0, 0.1) is 17.3 Å². The molecule has 0 bridgehead atoms. The van der Waals surface area contributed by atoms with E-state index in [-0.39, 0.29) is 5.41 Å². The van der Waals surface area contributed by atoms with E-state index < -0.39 is 10.0 Å². The van der Waals surface area contributed by atoms with Crippen LogP contribution in [0.5, 0.6) is 0 Å². The normalized spacial score (nSPS) is 12.0. The highest BCUT2D eigenvalue weighted by molar-refractivity contribution is 7.91. The van der Waals surface area contributed by atoms with Gasteiger partial charge >= 0.3 is 0 Å². The van der Waals surface area contributed by atoms with Crippen molar-refractivity contribution in [3.63, 3.8) is 0 Å². The molecular formula is C11H15NO2S2. The van der Waals surface area contributed by atoms with Crippen LogP contribution in [0.15, 0.2) is 16.3 Å². The number of nitrogens with one attached hydrogen (secondary N) is 1. The highest BCUT2D eigenvalue weighted by atomic mass is 32.2. The van der Waals surface area contributed by atoms with Crippen LogP contribution in [0.4, 0.5) is 0 Å². The van der Waals surface area contributed by atoms with Crippen molar-refractivity contribution in [2.24, 2.45) is 5.41 Å². The lowest BCUT2D eigenvalue weighted by molar-refractivity contribution is 0.571. The first kappa shape index (κ1) is 13.2. The molecule has 0 atom stereocenters. The Kier molecular flexibility index (Phi) is 3.79. The molecule has 16 heavy (non-hydrogen) atoms. The van der Waals surface area contributed by atoms with E-state index in [4.69, 9.17) is 0 Å². The summed E-state index contributed by atoms with van der Waals surface area (Å²) >= 11 is 1.18. The van der Waals surface area contributed by atoms with E-state index in [1.165, 1.54) is 18.4 Å². The Morgan fingerprint density at radius 2 is 1.94 bits per heavy atom. The van der Waals surface area contributed by atoms with E-state index >= 15 is 0 Å². The Morgan fingerprint density at radius 1 is 1.31 bits per heavy atom. The average Bonchev–Trinajstić information content (AvgIpc) is 2.62. The van der Waals surface area contributed by atoms with E-state index in [1.807, 2.05) is 20.8 Å². The molecule has 0 aromatic carbocycles. The number of sulfonamides is 1. The lowest BCUT2D eigenvalue weighted by Crippen LogP contribution is -2.17. The Balaban J connectivity index is 3.01. The summed E-state index contributed by atoms with van der Waals surface area (Å²) < 4.78 is 25.5. The van der Waals surface area contributed by atoms with Crippen molar-refractivity contribution in [1.82, 2.24) is 4.72 Å². The van der Waals surface area contributed by atoms with E-state index in [0.29, 0.717) is 4.21 Å². The molecule has 0 aliphatic rings. The molecule has 1 aromatic rings. The molecule has 0 fully saturated rings. The zero-order valence-corrected chi connectivity index (χ0v) is 11.4. The third-order valence-corrected chi connectivity index (χ3v) is 4.58. The zero-order chi connectivity index (χ0) is 12.4. The predicted molar refractivity (Wildman–Crippen MR) is 66.9 cm³/mol. The highest BCUT2D eigenvalue weighted by Crippen LogP contribution is 2.21. The summed E-state index contributed by atoms with van der Waals surface area (Å²) in [6.07, 6.45) is 0. The van der Waals surface area contributed by atoms with Crippen LogP contribution < -0.4 is 4.72 Å². The lowest BCUT2D eigenvalue weighted by atomic mass is 9.98. The van der Waals surface area contributed by atoms with Crippen molar-refractivity contribution >= 4 is 21.4 Å². The Hall–Kier alpha value is -0.830. The summed E-state index contributed by atoms with van der Waals surface area (Å²) in [6.45, 7) is 6.04. The standard InChI is InChI=1S/C11H15NO2S2/c1-11(2,3)8-7-9-5-6-10(15-9)16(13,14)12-4/h5-6,12H,1-4H3. The number of thiophene rings is 1. The second-order valence-corrected chi connectivity index (χ2v) is 7.52.